The van der Waals surface area contributed by atoms with Gasteiger partial charge >= 0.3 is 5.97 Å². The van der Waals surface area contributed by atoms with Crippen LogP contribution in [0.3, 0.4) is 0 Å². The third-order valence-electron chi connectivity index (χ3n) is 10.1. The number of carbonyl (C=O) groups is 3. The molecule has 282 valence electrons. The molecule has 48 heavy (non-hydrogen) atoms. The largest absolute Gasteiger partial charge is 0.462 e. The molecule has 0 amide bonds. The Morgan fingerprint density at radius 3 is 1.90 bits per heavy atom. The van der Waals surface area contributed by atoms with Crippen LogP contribution in [-0.4, -0.2) is 67.4 Å². The summed E-state index contributed by atoms with van der Waals surface area (Å²) in [5, 5.41) is 0. The topological polar surface area (TPSA) is 98.9 Å². The van der Waals surface area contributed by atoms with E-state index >= 15 is 0 Å². The number of rotatable bonds is 35. The van der Waals surface area contributed by atoms with E-state index in [1.807, 2.05) is 0 Å². The quantitative estimate of drug-likeness (QED) is 0.0526. The summed E-state index contributed by atoms with van der Waals surface area (Å²) in [7, 11) is 0. The van der Waals surface area contributed by atoms with E-state index in [0.29, 0.717) is 44.2 Å². The first-order valence-electron chi connectivity index (χ1n) is 20.6. The third kappa shape index (κ3) is 25.6. The molecule has 1 unspecified atom stereocenters. The third-order valence-corrected chi connectivity index (χ3v) is 10.1. The molecule has 0 radical (unpaired) electrons. The van der Waals surface area contributed by atoms with Crippen molar-refractivity contribution in [3.8, 4) is 0 Å². The number of ketones is 2. The first-order chi connectivity index (χ1) is 23.4. The van der Waals surface area contributed by atoms with Crippen molar-refractivity contribution < 1.29 is 23.9 Å². The summed E-state index contributed by atoms with van der Waals surface area (Å²) in [5.41, 5.74) is 5.60. The van der Waals surface area contributed by atoms with Crippen LogP contribution in [-0.2, 0) is 23.9 Å². The van der Waals surface area contributed by atoms with Gasteiger partial charge in [-0.25, -0.2) is 0 Å². The second-order valence-corrected chi connectivity index (χ2v) is 14.9. The Morgan fingerprint density at radius 1 is 0.708 bits per heavy atom. The summed E-state index contributed by atoms with van der Waals surface area (Å²) in [4.78, 5) is 38.7. The van der Waals surface area contributed by atoms with Crippen LogP contribution in [0.5, 0.6) is 0 Å². The molecule has 0 spiro atoms. The second kappa shape index (κ2) is 31.7. The molecule has 0 aliphatic carbocycles. The Kier molecular flexibility index (Phi) is 29.5. The minimum atomic E-state index is 0.00306. The highest BCUT2D eigenvalue weighted by molar-refractivity contribution is 5.78. The van der Waals surface area contributed by atoms with E-state index in [1.54, 1.807) is 6.92 Å². The summed E-state index contributed by atoms with van der Waals surface area (Å²) in [5.74, 6) is 0.941. The highest BCUT2D eigenvalue weighted by Gasteiger charge is 2.32. The fraction of sp³-hybridized carbons (Fsp3) is 0.927. The molecule has 1 aliphatic heterocycles. The standard InChI is InChI=1S/C41H78N2O5/c1-4-6-8-10-13-19-25-40(26-20-14-11-9-7-5-2)48-41(46)27-21-15-12-16-23-31-47-35-38-32-37(33-39(45)28-29-42)34-43(38)30-22-17-18-24-36(3)44/h37-38,40H,4-35,42H2,1-3H3/t37?,38-/m0/s1. The fourth-order valence-electron chi connectivity index (χ4n) is 7.17. The predicted molar refractivity (Wildman–Crippen MR) is 200 cm³/mol. The van der Waals surface area contributed by atoms with E-state index in [9.17, 15) is 14.4 Å². The Morgan fingerprint density at radius 2 is 1.27 bits per heavy atom. The van der Waals surface area contributed by atoms with Gasteiger partial charge in [0, 0.05) is 44.9 Å². The average molecular weight is 679 g/mol. The van der Waals surface area contributed by atoms with Crippen LogP contribution in [0.1, 0.15) is 194 Å². The van der Waals surface area contributed by atoms with Crippen molar-refractivity contribution in [2.75, 3.05) is 32.8 Å². The minimum absolute atomic E-state index is 0.00306. The molecular formula is C41H78N2O5. The maximum atomic E-state index is 12.7. The molecule has 2 atom stereocenters. The molecule has 7 nitrogen and oxygen atoms in total. The minimum Gasteiger partial charge on any atom is -0.462 e. The molecule has 1 heterocycles. The van der Waals surface area contributed by atoms with E-state index in [4.69, 9.17) is 15.2 Å². The van der Waals surface area contributed by atoms with Crippen LogP contribution < -0.4 is 5.73 Å². The van der Waals surface area contributed by atoms with E-state index < -0.39 is 0 Å². The van der Waals surface area contributed by atoms with Crippen molar-refractivity contribution in [1.29, 1.82) is 0 Å². The highest BCUT2D eigenvalue weighted by atomic mass is 16.5. The monoisotopic (exact) mass is 679 g/mol. The summed E-state index contributed by atoms with van der Waals surface area (Å²) in [6.45, 7) is 10.1. The zero-order chi connectivity index (χ0) is 35.1. The van der Waals surface area contributed by atoms with Gasteiger partial charge in [-0.05, 0) is 83.7 Å². The Labute approximate surface area is 296 Å². The smallest absolute Gasteiger partial charge is 0.306 e. The number of unbranched alkanes of at least 4 members (excludes halogenated alkanes) is 16. The molecule has 0 saturated carbocycles. The van der Waals surface area contributed by atoms with Crippen LogP contribution in [0, 0.1) is 5.92 Å². The molecule has 1 rings (SSSR count). The average Bonchev–Trinajstić information content (AvgIpc) is 3.43. The molecule has 2 N–H and O–H groups in total. The van der Waals surface area contributed by atoms with Crippen molar-refractivity contribution in [1.82, 2.24) is 4.90 Å². The number of Topliss-reactive ketones (excluding diaryl/α,β-unsaturated/α-hetero) is 2. The highest BCUT2D eigenvalue weighted by Crippen LogP contribution is 2.27. The van der Waals surface area contributed by atoms with Crippen molar-refractivity contribution in [2.45, 2.75) is 206 Å². The van der Waals surface area contributed by atoms with Gasteiger partial charge in [0.15, 0.2) is 0 Å². The lowest BCUT2D eigenvalue weighted by Crippen LogP contribution is -2.34. The van der Waals surface area contributed by atoms with Gasteiger partial charge < -0.3 is 20.0 Å². The maximum absolute atomic E-state index is 12.7. The van der Waals surface area contributed by atoms with E-state index in [0.717, 1.165) is 96.9 Å². The number of nitrogens with zero attached hydrogens (tertiary/aromatic N) is 1. The van der Waals surface area contributed by atoms with Gasteiger partial charge in [-0.1, -0.05) is 104 Å². The van der Waals surface area contributed by atoms with Gasteiger partial charge in [0.1, 0.15) is 17.7 Å². The summed E-state index contributed by atoms with van der Waals surface area (Å²) in [6, 6.07) is 0.366. The van der Waals surface area contributed by atoms with Crippen molar-refractivity contribution >= 4 is 17.5 Å². The number of ether oxygens (including phenoxy) is 2. The lowest BCUT2D eigenvalue weighted by Gasteiger charge is -2.24. The summed E-state index contributed by atoms with van der Waals surface area (Å²) in [6.07, 6.45) is 29.2. The molecule has 0 aromatic rings. The normalized spacial score (nSPS) is 16.6. The number of hydrogen-bond acceptors (Lipinski definition) is 7. The van der Waals surface area contributed by atoms with Gasteiger partial charge in [-0.15, -0.1) is 0 Å². The molecule has 0 bridgehead atoms. The first kappa shape index (κ1) is 44.7. The SMILES string of the molecule is CCCCCCCCC(CCCCCCCC)OC(=O)CCCCCCCOC[C@@H]1CC(CC(=O)CCN)CN1CCCCCC(C)=O. The molecular weight excluding hydrogens is 600 g/mol. The molecule has 1 saturated heterocycles. The molecule has 1 fully saturated rings. The van der Waals surface area contributed by atoms with Crippen LogP contribution >= 0.6 is 0 Å². The van der Waals surface area contributed by atoms with Crippen LogP contribution in [0.4, 0.5) is 0 Å². The fourth-order valence-corrected chi connectivity index (χ4v) is 7.17. The second-order valence-electron chi connectivity index (χ2n) is 14.9. The zero-order valence-electron chi connectivity index (χ0n) is 31.9. The Balaban J connectivity index is 2.26. The Bertz CT molecular complexity index is 775. The van der Waals surface area contributed by atoms with Crippen LogP contribution in [0.25, 0.3) is 0 Å². The van der Waals surface area contributed by atoms with Crippen molar-refractivity contribution in [2.24, 2.45) is 11.7 Å². The predicted octanol–water partition coefficient (Wildman–Crippen LogP) is 9.90. The lowest BCUT2D eigenvalue weighted by molar-refractivity contribution is -0.150. The maximum Gasteiger partial charge on any atom is 0.306 e. The van der Waals surface area contributed by atoms with Gasteiger partial charge in [0.25, 0.3) is 0 Å². The molecule has 7 heteroatoms. The van der Waals surface area contributed by atoms with Crippen molar-refractivity contribution in [3.63, 3.8) is 0 Å². The van der Waals surface area contributed by atoms with Gasteiger partial charge in [-0.2, -0.15) is 0 Å². The van der Waals surface area contributed by atoms with Gasteiger partial charge in [-0.3, -0.25) is 14.5 Å². The zero-order valence-corrected chi connectivity index (χ0v) is 31.9. The summed E-state index contributed by atoms with van der Waals surface area (Å²) < 4.78 is 12.2. The van der Waals surface area contributed by atoms with Crippen molar-refractivity contribution in [3.05, 3.63) is 0 Å². The number of carbonyl (C=O) groups excluding carboxylic acids is 3. The van der Waals surface area contributed by atoms with Crippen LogP contribution in [0.15, 0.2) is 0 Å². The number of likely N-dealkylation sites (tertiary alicyclic amines) is 1. The lowest BCUT2D eigenvalue weighted by atomic mass is 9.98. The number of esters is 1. The Hall–Kier alpha value is -1.31. The first-order valence-corrected chi connectivity index (χ1v) is 20.6. The molecule has 0 aromatic carbocycles. The number of hydrogen-bond donors (Lipinski definition) is 1. The van der Waals surface area contributed by atoms with Crippen LogP contribution in [0.2, 0.25) is 0 Å². The number of nitrogens with two attached hydrogens (primary N) is 1. The van der Waals surface area contributed by atoms with E-state index in [1.165, 1.54) is 77.0 Å². The van der Waals surface area contributed by atoms with E-state index in [-0.39, 0.29) is 23.6 Å². The van der Waals surface area contributed by atoms with Gasteiger partial charge in [0.2, 0.25) is 0 Å². The molecule has 0 aromatic heterocycles. The summed E-state index contributed by atoms with van der Waals surface area (Å²) >= 11 is 0. The van der Waals surface area contributed by atoms with Gasteiger partial charge in [0.05, 0.1) is 6.61 Å². The van der Waals surface area contributed by atoms with E-state index in [2.05, 4.69) is 18.7 Å². The molecule has 1 aliphatic rings.